The van der Waals surface area contributed by atoms with Crippen molar-refractivity contribution in [1.82, 2.24) is 24.3 Å². The minimum atomic E-state index is 0.432. The third-order valence-corrected chi connectivity index (χ3v) is 7.33. The van der Waals surface area contributed by atoms with Crippen LogP contribution in [0.1, 0.15) is 69.2 Å². The highest BCUT2D eigenvalue weighted by Gasteiger charge is 2.34. The van der Waals surface area contributed by atoms with E-state index in [1.165, 1.54) is 6.54 Å². The molecule has 1 aliphatic carbocycles. The summed E-state index contributed by atoms with van der Waals surface area (Å²) in [5, 5.41) is 0. The van der Waals surface area contributed by atoms with Gasteiger partial charge in [0.05, 0.1) is 0 Å². The molecule has 0 aromatic carbocycles. The maximum absolute atomic E-state index is 6.42. The van der Waals surface area contributed by atoms with Crippen LogP contribution in [0.3, 0.4) is 0 Å². The number of aromatic nitrogens is 4. The maximum Gasteiger partial charge on any atom is 0.150 e. The highest BCUT2D eigenvalue weighted by Crippen LogP contribution is 2.43. The van der Waals surface area contributed by atoms with Crippen LogP contribution in [-0.2, 0) is 6.42 Å². The fourth-order valence-electron chi connectivity index (χ4n) is 5.00. The first-order valence-corrected chi connectivity index (χ1v) is 14.2. The minimum absolute atomic E-state index is 0.432. The average Bonchev–Trinajstić information content (AvgIpc) is 3.29. The summed E-state index contributed by atoms with van der Waals surface area (Å²) >= 11 is 0. The predicted octanol–water partition coefficient (Wildman–Crippen LogP) is 7.26. The van der Waals surface area contributed by atoms with E-state index >= 15 is 0 Å². The molecule has 1 fully saturated rings. The van der Waals surface area contributed by atoms with Gasteiger partial charge in [-0.05, 0) is 71.7 Å². The molecule has 0 spiro atoms. The molecule has 0 aliphatic heterocycles. The summed E-state index contributed by atoms with van der Waals surface area (Å²) in [7, 11) is 0. The van der Waals surface area contributed by atoms with E-state index in [0.29, 0.717) is 11.7 Å². The quantitative estimate of drug-likeness (QED) is 0.313. The number of rotatable bonds is 8. The Morgan fingerprint density at radius 1 is 1.05 bits per heavy atom. The minimum Gasteiger partial charge on any atom is -0.382 e. The summed E-state index contributed by atoms with van der Waals surface area (Å²) in [6.45, 7) is 19.8. The zero-order valence-electron chi connectivity index (χ0n) is 24.7. The van der Waals surface area contributed by atoms with Crippen LogP contribution in [0.5, 0.6) is 0 Å². The van der Waals surface area contributed by atoms with E-state index < -0.39 is 0 Å². The van der Waals surface area contributed by atoms with Gasteiger partial charge in [0.25, 0.3) is 0 Å². The predicted molar refractivity (Wildman–Crippen MR) is 165 cm³/mol. The van der Waals surface area contributed by atoms with Gasteiger partial charge in [-0.25, -0.2) is 9.97 Å². The Morgan fingerprint density at radius 2 is 1.74 bits per heavy atom. The van der Waals surface area contributed by atoms with Gasteiger partial charge in [0.2, 0.25) is 0 Å². The van der Waals surface area contributed by atoms with E-state index in [4.69, 9.17) is 15.7 Å². The third kappa shape index (κ3) is 7.76. The average molecular weight is 527 g/mol. The molecule has 0 radical (unpaired) electrons. The van der Waals surface area contributed by atoms with Crippen LogP contribution in [0, 0.1) is 19.8 Å². The molecule has 4 rings (SSSR count). The molecule has 39 heavy (non-hydrogen) atoms. The van der Waals surface area contributed by atoms with Gasteiger partial charge < -0.3 is 10.6 Å². The Hall–Kier alpha value is -3.51. The number of nitrogens with two attached hydrogens (primary N) is 1. The number of allylic oxidation sites excluding steroid dienone is 3. The van der Waals surface area contributed by atoms with Gasteiger partial charge in [-0.3, -0.25) is 9.38 Å². The van der Waals surface area contributed by atoms with E-state index in [2.05, 4.69) is 72.0 Å². The molecule has 6 nitrogen and oxygen atoms in total. The monoisotopic (exact) mass is 526 g/mol. The fourth-order valence-corrected chi connectivity index (χ4v) is 5.00. The van der Waals surface area contributed by atoms with E-state index in [9.17, 15) is 0 Å². The lowest BCUT2D eigenvalue weighted by Gasteiger charge is -2.37. The van der Waals surface area contributed by atoms with Crippen LogP contribution in [0.2, 0.25) is 0 Å². The lowest BCUT2D eigenvalue weighted by atomic mass is 9.74. The van der Waals surface area contributed by atoms with Crippen molar-refractivity contribution in [1.29, 1.82) is 0 Å². The number of nitrogens with zero attached hydrogens (tertiary/aromatic N) is 5. The lowest BCUT2D eigenvalue weighted by Crippen LogP contribution is -2.35. The molecule has 0 unspecified atom stereocenters. The van der Waals surface area contributed by atoms with Crippen molar-refractivity contribution in [2.45, 2.75) is 66.7 Å². The Bertz CT molecular complexity index is 1320. The molecule has 0 saturated heterocycles. The molecule has 3 aromatic rings. The van der Waals surface area contributed by atoms with Crippen LogP contribution in [0.4, 0.5) is 5.82 Å². The topological polar surface area (TPSA) is 72.3 Å². The summed E-state index contributed by atoms with van der Waals surface area (Å²) in [5.74, 6) is 2.74. The highest BCUT2D eigenvalue weighted by atomic mass is 15.1. The molecule has 1 aliphatic rings. The molecule has 0 atom stereocenters. The normalized spacial score (nSPS) is 16.5. The molecule has 2 N–H and O–H groups in total. The molecule has 3 heterocycles. The second-order valence-corrected chi connectivity index (χ2v) is 10.3. The summed E-state index contributed by atoms with van der Waals surface area (Å²) in [6.07, 6.45) is 12.7. The van der Waals surface area contributed by atoms with Gasteiger partial charge in [0.1, 0.15) is 22.9 Å². The molecular weight excluding hydrogens is 480 g/mol. The van der Waals surface area contributed by atoms with E-state index in [-0.39, 0.29) is 0 Å². The second-order valence-electron chi connectivity index (χ2n) is 10.3. The molecule has 1 saturated carbocycles. The number of anilines is 1. The number of aryl methyl sites for hydroxylation is 2. The van der Waals surface area contributed by atoms with Gasteiger partial charge in [0, 0.05) is 48.2 Å². The summed E-state index contributed by atoms with van der Waals surface area (Å²) < 4.78 is 2.15. The van der Waals surface area contributed by atoms with Crippen LogP contribution in [0.25, 0.3) is 16.8 Å². The van der Waals surface area contributed by atoms with Crippen LogP contribution < -0.4 is 5.73 Å². The number of hydrogen-bond donors (Lipinski definition) is 1. The van der Waals surface area contributed by atoms with Gasteiger partial charge in [-0.2, -0.15) is 0 Å². The van der Waals surface area contributed by atoms with Crippen molar-refractivity contribution in [3.8, 4) is 11.3 Å². The van der Waals surface area contributed by atoms with Crippen LogP contribution in [-0.4, -0.2) is 43.9 Å². The molecule has 6 heteroatoms. The molecule has 0 amide bonds. The van der Waals surface area contributed by atoms with E-state index in [1.807, 2.05) is 45.2 Å². The van der Waals surface area contributed by atoms with E-state index in [1.54, 1.807) is 6.20 Å². The first-order valence-electron chi connectivity index (χ1n) is 14.2. The third-order valence-electron chi connectivity index (χ3n) is 7.33. The standard InChI is InChI=1S/C29H38N6.C4H8/c1-6-9-25-13-11-20(4)10-12-23(16-21(5)32-25)26-27-28(30)31-14-15-35(27)29(33-26)24-17-22(18-24)19-34(7-2)8-3;1-3-4-2/h6,10-16,22,24H,1,7-9,17-19H2,2-5H3,(H2,30,31);3-4H,1-2H3/b;4-3-. The first kappa shape index (κ1) is 30.0. The molecule has 0 bridgehead atoms. The Morgan fingerprint density at radius 3 is 2.38 bits per heavy atom. The summed E-state index contributed by atoms with van der Waals surface area (Å²) in [4.78, 5) is 16.9. The largest absolute Gasteiger partial charge is 0.382 e. The second kappa shape index (κ2) is 14.6. The lowest BCUT2D eigenvalue weighted by molar-refractivity contribution is 0.164. The molecule has 3 aromatic heterocycles. The first-order chi connectivity index (χ1) is 18.8. The van der Waals surface area contributed by atoms with Gasteiger partial charge in [0.15, 0.2) is 0 Å². The van der Waals surface area contributed by atoms with Gasteiger partial charge in [-0.1, -0.05) is 55.8 Å². The summed E-state index contributed by atoms with van der Waals surface area (Å²) in [5.41, 5.74) is 12.2. The summed E-state index contributed by atoms with van der Waals surface area (Å²) in [6, 6.07) is 10.5. The molecular formula is C33H46N6. The van der Waals surface area contributed by atoms with Crippen molar-refractivity contribution in [3.05, 3.63) is 90.3 Å². The highest BCUT2D eigenvalue weighted by molar-refractivity contribution is 5.85. The number of hydrogen-bond acceptors (Lipinski definition) is 5. The number of nitrogen functional groups attached to an aromatic ring is 1. The fraction of sp³-hybridized carbons (Fsp3) is 0.424. The zero-order chi connectivity index (χ0) is 28.4. The molecule has 208 valence electrons. The van der Waals surface area contributed by atoms with Crippen molar-refractivity contribution < 1.29 is 0 Å². The van der Waals surface area contributed by atoms with Crippen LogP contribution >= 0.6 is 0 Å². The van der Waals surface area contributed by atoms with Crippen molar-refractivity contribution in [2.75, 3.05) is 25.4 Å². The maximum atomic E-state index is 6.42. The van der Waals surface area contributed by atoms with Gasteiger partial charge >= 0.3 is 0 Å². The number of imidazole rings is 1. The van der Waals surface area contributed by atoms with Crippen molar-refractivity contribution in [2.24, 2.45) is 5.92 Å². The Balaban J connectivity index is 0.000000983. The Labute approximate surface area is 235 Å². The Kier molecular flexibility index (Phi) is 11.2. The zero-order valence-corrected chi connectivity index (χ0v) is 24.7. The van der Waals surface area contributed by atoms with Crippen molar-refractivity contribution >= 4 is 11.3 Å². The van der Waals surface area contributed by atoms with Crippen LogP contribution in [0.15, 0.2) is 67.5 Å². The SMILES string of the molecule is C/C=C\C.C=CCc1ccc(C)ccc(-c2nc(C3CC(CN(CC)CC)C3)n3ccnc(N)c23)cc(C)n1. The number of fused-ring (bicyclic) bond motifs is 1. The van der Waals surface area contributed by atoms with E-state index in [0.717, 1.165) is 77.8 Å². The van der Waals surface area contributed by atoms with Gasteiger partial charge in [-0.15, -0.1) is 6.58 Å². The smallest absolute Gasteiger partial charge is 0.150 e. The van der Waals surface area contributed by atoms with Crippen molar-refractivity contribution in [3.63, 3.8) is 0 Å².